The van der Waals surface area contributed by atoms with Crippen LogP contribution in [0.3, 0.4) is 0 Å². The first-order valence-electron chi connectivity index (χ1n) is 4.88. The van der Waals surface area contributed by atoms with E-state index in [0.29, 0.717) is 0 Å². The molecular weight excluding hydrogens is 289 g/mol. The summed E-state index contributed by atoms with van der Waals surface area (Å²) in [7, 11) is -1.86. The van der Waals surface area contributed by atoms with E-state index < -0.39 is 33.6 Å². The van der Waals surface area contributed by atoms with Gasteiger partial charge in [-0.25, -0.2) is 17.9 Å². The van der Waals surface area contributed by atoms with Crippen LogP contribution in [0.4, 0.5) is 13.2 Å². The number of sulfonamides is 1. The number of hydrogen-bond donors (Lipinski definition) is 1. The van der Waals surface area contributed by atoms with E-state index >= 15 is 0 Å². The lowest BCUT2D eigenvalue weighted by molar-refractivity contribution is -0.121. The van der Waals surface area contributed by atoms with Crippen LogP contribution in [-0.4, -0.2) is 38.8 Å². The van der Waals surface area contributed by atoms with Crippen molar-refractivity contribution in [3.63, 3.8) is 0 Å². The van der Waals surface area contributed by atoms with E-state index in [9.17, 15) is 26.4 Å². The summed E-state index contributed by atoms with van der Waals surface area (Å²) in [6.45, 7) is -1.68. The number of carbonyl (C=O) groups excluding carboxylic acids is 1. The molecule has 0 unspecified atom stereocenters. The number of rotatable bonds is 4. The van der Waals surface area contributed by atoms with Crippen LogP contribution < -0.4 is 4.72 Å². The van der Waals surface area contributed by atoms with Gasteiger partial charge >= 0.3 is 12.1 Å². The first-order valence-corrected chi connectivity index (χ1v) is 6.36. The molecule has 0 spiro atoms. The van der Waals surface area contributed by atoms with Gasteiger partial charge in [0.25, 0.3) is 0 Å². The number of ether oxygens (including phenoxy) is 1. The molecule has 1 heterocycles. The molecule has 0 atom stereocenters. The zero-order valence-corrected chi connectivity index (χ0v) is 10.8. The molecule has 1 rings (SSSR count). The molecule has 10 heteroatoms. The Bertz CT molecular complexity index is 577. The highest BCUT2D eigenvalue weighted by atomic mass is 32.2. The van der Waals surface area contributed by atoms with Gasteiger partial charge in [0.2, 0.25) is 10.0 Å². The molecule has 108 valence electrons. The Morgan fingerprint density at radius 2 is 2.05 bits per heavy atom. The minimum absolute atomic E-state index is 0.0881. The Labute approximate surface area is 107 Å². The Hall–Kier alpha value is -1.55. The standard InChI is InChI=1S/C9H11F3N2O4S/c1-14-4-6(3-7(14)8(15)18-2)19(16,17)13-5-9(10,11)12/h3-4,13H,5H2,1-2H3. The second kappa shape index (κ2) is 5.21. The summed E-state index contributed by atoms with van der Waals surface area (Å²) in [5, 5.41) is 0. The minimum atomic E-state index is -4.66. The predicted molar refractivity (Wildman–Crippen MR) is 58.0 cm³/mol. The quantitative estimate of drug-likeness (QED) is 0.828. The number of nitrogens with zero attached hydrogens (tertiary/aromatic N) is 1. The van der Waals surface area contributed by atoms with Crippen molar-refractivity contribution in [3.8, 4) is 0 Å². The summed E-state index contributed by atoms with van der Waals surface area (Å²) in [6, 6.07) is 0.935. The molecule has 0 aliphatic heterocycles. The summed E-state index contributed by atoms with van der Waals surface area (Å²) in [5.74, 6) is -0.792. The number of hydrogen-bond acceptors (Lipinski definition) is 4. The van der Waals surface area contributed by atoms with Gasteiger partial charge in [-0.05, 0) is 6.07 Å². The summed E-state index contributed by atoms with van der Waals surface area (Å²) >= 11 is 0. The molecule has 0 saturated heterocycles. The molecule has 0 aromatic carbocycles. The lowest BCUT2D eigenvalue weighted by atomic mass is 10.4. The van der Waals surface area contributed by atoms with Gasteiger partial charge in [-0.1, -0.05) is 0 Å². The molecule has 1 aromatic heterocycles. The van der Waals surface area contributed by atoms with E-state index in [0.717, 1.165) is 23.9 Å². The van der Waals surface area contributed by atoms with Crippen LogP contribution in [0.5, 0.6) is 0 Å². The SMILES string of the molecule is COC(=O)c1cc(S(=O)(=O)NCC(F)(F)F)cn1C. The Morgan fingerprint density at radius 3 is 2.53 bits per heavy atom. The van der Waals surface area contributed by atoms with Crippen LogP contribution in [0.1, 0.15) is 10.5 Å². The summed E-state index contributed by atoms with van der Waals surface area (Å²) < 4.78 is 66.0. The molecule has 0 aliphatic carbocycles. The number of aryl methyl sites for hydroxylation is 1. The zero-order valence-electron chi connectivity index (χ0n) is 9.98. The molecule has 6 nitrogen and oxygen atoms in total. The zero-order chi connectivity index (χ0) is 14.8. The smallest absolute Gasteiger partial charge is 0.402 e. The third-order valence-electron chi connectivity index (χ3n) is 2.15. The lowest BCUT2D eigenvalue weighted by Gasteiger charge is -2.07. The number of nitrogens with one attached hydrogen (secondary N) is 1. The fourth-order valence-electron chi connectivity index (χ4n) is 1.25. The van der Waals surface area contributed by atoms with E-state index in [1.165, 1.54) is 11.8 Å². The monoisotopic (exact) mass is 300 g/mol. The van der Waals surface area contributed by atoms with Crippen molar-refractivity contribution in [3.05, 3.63) is 18.0 Å². The van der Waals surface area contributed by atoms with Crippen molar-refractivity contribution in [1.82, 2.24) is 9.29 Å². The third-order valence-corrected chi connectivity index (χ3v) is 3.52. The molecule has 0 radical (unpaired) electrons. The highest BCUT2D eigenvalue weighted by molar-refractivity contribution is 7.89. The van der Waals surface area contributed by atoms with Gasteiger partial charge in [0.15, 0.2) is 0 Å². The van der Waals surface area contributed by atoms with Crippen molar-refractivity contribution >= 4 is 16.0 Å². The second-order valence-electron chi connectivity index (χ2n) is 3.60. The van der Waals surface area contributed by atoms with E-state index in [-0.39, 0.29) is 5.69 Å². The molecule has 0 bridgehead atoms. The van der Waals surface area contributed by atoms with Crippen LogP contribution in [0.25, 0.3) is 0 Å². The van der Waals surface area contributed by atoms with Crippen molar-refractivity contribution in [1.29, 1.82) is 0 Å². The third kappa shape index (κ3) is 3.96. The number of carbonyl (C=O) groups is 1. The molecule has 19 heavy (non-hydrogen) atoms. The Morgan fingerprint density at radius 1 is 1.47 bits per heavy atom. The maximum absolute atomic E-state index is 12.0. The number of aromatic nitrogens is 1. The molecule has 1 N–H and O–H groups in total. The van der Waals surface area contributed by atoms with E-state index in [1.54, 1.807) is 0 Å². The van der Waals surface area contributed by atoms with E-state index in [4.69, 9.17) is 0 Å². The van der Waals surface area contributed by atoms with Crippen LogP contribution in [0, 0.1) is 0 Å². The molecule has 1 aromatic rings. The van der Waals surface area contributed by atoms with Crippen molar-refractivity contribution in [2.75, 3.05) is 13.7 Å². The average Bonchev–Trinajstić information content (AvgIpc) is 2.68. The number of alkyl halides is 3. The number of methoxy groups -OCH3 is 1. The topological polar surface area (TPSA) is 77.4 Å². The Balaban J connectivity index is 3.00. The first-order chi connectivity index (χ1) is 8.57. The van der Waals surface area contributed by atoms with Gasteiger partial charge in [0, 0.05) is 13.2 Å². The second-order valence-corrected chi connectivity index (χ2v) is 5.37. The molecule has 0 aliphatic rings. The van der Waals surface area contributed by atoms with Gasteiger partial charge < -0.3 is 9.30 Å². The Kier molecular flexibility index (Phi) is 4.25. The largest absolute Gasteiger partial charge is 0.464 e. The summed E-state index contributed by atoms with van der Waals surface area (Å²) in [6.07, 6.45) is -3.64. The molecular formula is C9H11F3N2O4S. The summed E-state index contributed by atoms with van der Waals surface area (Å²) in [5.41, 5.74) is -0.0881. The minimum Gasteiger partial charge on any atom is -0.464 e. The van der Waals surface area contributed by atoms with Crippen LogP contribution in [0.2, 0.25) is 0 Å². The predicted octanol–water partition coefficient (Wildman–Crippen LogP) is 0.652. The maximum Gasteiger partial charge on any atom is 0.402 e. The van der Waals surface area contributed by atoms with Crippen molar-refractivity contribution in [2.24, 2.45) is 7.05 Å². The van der Waals surface area contributed by atoms with E-state index in [1.807, 2.05) is 0 Å². The van der Waals surface area contributed by atoms with Crippen molar-refractivity contribution < 1.29 is 31.1 Å². The average molecular weight is 300 g/mol. The fourth-order valence-corrected chi connectivity index (χ4v) is 2.33. The molecule has 0 saturated carbocycles. The van der Waals surface area contributed by atoms with Gasteiger partial charge in [-0.2, -0.15) is 13.2 Å². The number of esters is 1. The van der Waals surface area contributed by atoms with Crippen LogP contribution in [0.15, 0.2) is 17.2 Å². The van der Waals surface area contributed by atoms with Gasteiger partial charge in [0.1, 0.15) is 17.1 Å². The van der Waals surface area contributed by atoms with Crippen LogP contribution in [-0.2, 0) is 21.8 Å². The number of halogens is 3. The molecule has 0 fully saturated rings. The van der Waals surface area contributed by atoms with Gasteiger partial charge in [-0.3, -0.25) is 0 Å². The van der Waals surface area contributed by atoms with Crippen molar-refractivity contribution in [2.45, 2.75) is 11.1 Å². The van der Waals surface area contributed by atoms with Gasteiger partial charge in [-0.15, -0.1) is 0 Å². The highest BCUT2D eigenvalue weighted by Gasteiger charge is 2.30. The van der Waals surface area contributed by atoms with Crippen LogP contribution >= 0.6 is 0 Å². The first kappa shape index (κ1) is 15.5. The van der Waals surface area contributed by atoms with Gasteiger partial charge in [0.05, 0.1) is 7.11 Å². The summed E-state index contributed by atoms with van der Waals surface area (Å²) in [4.78, 5) is 10.8. The normalized spacial score (nSPS) is 12.5. The fraction of sp³-hybridized carbons (Fsp3) is 0.444. The highest BCUT2D eigenvalue weighted by Crippen LogP contribution is 2.17. The van der Waals surface area contributed by atoms with E-state index in [2.05, 4.69) is 4.74 Å². The molecule has 0 amide bonds. The maximum atomic E-state index is 12.0. The lowest BCUT2D eigenvalue weighted by Crippen LogP contribution is -2.33.